The lowest BCUT2D eigenvalue weighted by Gasteiger charge is -2.29. The first kappa shape index (κ1) is 28.1. The molecule has 0 amide bonds. The highest BCUT2D eigenvalue weighted by molar-refractivity contribution is 7.99. The average Bonchev–Trinajstić information content (AvgIpc) is 3.66. The van der Waals surface area contributed by atoms with Gasteiger partial charge in [0.1, 0.15) is 6.04 Å². The van der Waals surface area contributed by atoms with Crippen molar-refractivity contribution in [2.24, 2.45) is 0 Å². The maximum absolute atomic E-state index is 12.0. The van der Waals surface area contributed by atoms with Crippen molar-refractivity contribution in [2.75, 3.05) is 12.0 Å². The fraction of sp³-hybridized carbons (Fsp3) is 0.0938. The maximum Gasteiger partial charge on any atom is 0.337 e. The highest BCUT2D eigenvalue weighted by Crippen LogP contribution is 2.43. The molecule has 9 nitrogen and oxygen atoms in total. The lowest BCUT2D eigenvalue weighted by Crippen LogP contribution is -2.30. The number of methoxy groups -OCH3 is 1. The summed E-state index contributed by atoms with van der Waals surface area (Å²) in [5.41, 5.74) is 4.17. The van der Waals surface area contributed by atoms with Crippen molar-refractivity contribution in [3.8, 4) is 5.69 Å². The second kappa shape index (κ2) is 12.1. The van der Waals surface area contributed by atoms with Crippen molar-refractivity contribution >= 4 is 46.4 Å². The van der Waals surface area contributed by atoms with Gasteiger partial charge in [-0.3, -0.25) is 15.1 Å². The van der Waals surface area contributed by atoms with E-state index in [1.54, 1.807) is 30.5 Å². The number of nitrogens with one attached hydrogen (secondary N) is 1. The van der Waals surface area contributed by atoms with Gasteiger partial charge in [0.05, 0.1) is 29.3 Å². The molecule has 2 atom stereocenters. The molecule has 6 rings (SSSR count). The third kappa shape index (κ3) is 5.72. The molecule has 2 unspecified atom stereocenters. The fourth-order valence-corrected chi connectivity index (χ4v) is 6.29. The number of benzene rings is 3. The van der Waals surface area contributed by atoms with Crippen LogP contribution in [0.2, 0.25) is 0 Å². The second-order valence-electron chi connectivity index (χ2n) is 9.69. The van der Waals surface area contributed by atoms with Crippen molar-refractivity contribution in [1.29, 1.82) is 0 Å². The molecule has 2 aromatic heterocycles. The summed E-state index contributed by atoms with van der Waals surface area (Å²) in [6.45, 7) is 0. The van der Waals surface area contributed by atoms with E-state index in [4.69, 9.17) is 17.0 Å². The number of esters is 1. The van der Waals surface area contributed by atoms with E-state index < -0.39 is 4.92 Å². The van der Waals surface area contributed by atoms with Crippen molar-refractivity contribution in [2.45, 2.75) is 21.9 Å². The molecular formula is C32H25N5O4S2. The minimum atomic E-state index is -0.404. The van der Waals surface area contributed by atoms with Crippen LogP contribution < -0.4 is 10.2 Å². The van der Waals surface area contributed by atoms with Gasteiger partial charge in [0, 0.05) is 51.4 Å². The van der Waals surface area contributed by atoms with E-state index in [2.05, 4.69) is 25.8 Å². The van der Waals surface area contributed by atoms with E-state index in [1.807, 2.05) is 66.9 Å². The topological polar surface area (TPSA) is 103 Å². The van der Waals surface area contributed by atoms with Gasteiger partial charge in [-0.25, -0.2) is 4.79 Å². The molecule has 214 valence electrons. The Labute approximate surface area is 257 Å². The molecule has 1 saturated heterocycles. The van der Waals surface area contributed by atoms with E-state index in [9.17, 15) is 14.9 Å². The number of thiocarbonyl (C=S) groups is 1. The van der Waals surface area contributed by atoms with Crippen LogP contribution in [-0.2, 0) is 4.74 Å². The number of carbonyl (C=O) groups is 1. The van der Waals surface area contributed by atoms with Crippen LogP contribution in [0.15, 0.2) is 125 Å². The molecule has 0 bridgehead atoms. The standard InChI is InChI=1S/C32H25N5O4S2/c1-41-31(38)21-7-9-22(10-8-21)35-20-4-6-28(35)30-29(27-5-2-3-19-33-27)34-32(42)36(30)23-11-15-25(16-12-23)43-26-17-13-24(14-18-26)37(39)40/h2-20,29-30H,1H3,(H,34,42). The number of non-ortho nitro benzene ring substituents is 1. The Hall–Kier alpha value is -5.00. The van der Waals surface area contributed by atoms with Gasteiger partial charge in [-0.2, -0.15) is 0 Å². The number of nitro benzene ring substituents is 1. The number of ether oxygens (including phenoxy) is 1. The molecule has 3 aromatic carbocycles. The lowest BCUT2D eigenvalue weighted by atomic mass is 10.0. The number of carbonyl (C=O) groups excluding carboxylic acids is 1. The first-order valence-corrected chi connectivity index (χ1v) is 14.5. The van der Waals surface area contributed by atoms with Gasteiger partial charge in [0.25, 0.3) is 5.69 Å². The highest BCUT2D eigenvalue weighted by Gasteiger charge is 2.42. The van der Waals surface area contributed by atoms with Gasteiger partial charge in [-0.05, 0) is 97.1 Å². The minimum absolute atomic E-state index is 0.0624. The molecule has 0 aliphatic carbocycles. The predicted molar refractivity (Wildman–Crippen MR) is 169 cm³/mol. The number of aromatic nitrogens is 2. The van der Waals surface area contributed by atoms with Crippen LogP contribution in [0.25, 0.3) is 5.69 Å². The van der Waals surface area contributed by atoms with E-state index in [0.717, 1.165) is 32.6 Å². The van der Waals surface area contributed by atoms with Gasteiger partial charge in [0.2, 0.25) is 0 Å². The second-order valence-corrected chi connectivity index (χ2v) is 11.2. The Balaban J connectivity index is 1.34. The third-order valence-electron chi connectivity index (χ3n) is 7.15. The van der Waals surface area contributed by atoms with E-state index in [1.165, 1.54) is 31.0 Å². The Morgan fingerprint density at radius 3 is 2.23 bits per heavy atom. The first-order valence-electron chi connectivity index (χ1n) is 13.3. The molecule has 1 aliphatic rings. The Bertz CT molecular complexity index is 1780. The summed E-state index contributed by atoms with van der Waals surface area (Å²) in [5.74, 6) is -0.388. The van der Waals surface area contributed by atoms with Gasteiger partial charge >= 0.3 is 5.97 Å². The molecule has 0 spiro atoms. The molecule has 0 saturated carbocycles. The molecule has 1 aliphatic heterocycles. The normalized spacial score (nSPS) is 16.1. The molecule has 43 heavy (non-hydrogen) atoms. The number of pyridine rings is 1. The summed E-state index contributed by atoms with van der Waals surface area (Å²) in [6.07, 6.45) is 3.76. The smallest absolute Gasteiger partial charge is 0.337 e. The SMILES string of the molecule is COC(=O)c1ccc(-n2cccc2C2C(c3ccccn3)NC(=S)N2c2ccc(Sc3ccc([N+](=O)[O-])cc3)cc2)cc1. The van der Waals surface area contributed by atoms with Crippen molar-refractivity contribution in [3.63, 3.8) is 0 Å². The molecule has 5 aromatic rings. The van der Waals surface area contributed by atoms with Gasteiger partial charge in [-0.15, -0.1) is 0 Å². The molecular weight excluding hydrogens is 583 g/mol. The quantitative estimate of drug-likeness (QED) is 0.0874. The Morgan fingerprint density at radius 1 is 0.930 bits per heavy atom. The lowest BCUT2D eigenvalue weighted by molar-refractivity contribution is -0.384. The van der Waals surface area contributed by atoms with Crippen LogP contribution in [0, 0.1) is 10.1 Å². The van der Waals surface area contributed by atoms with Crippen molar-refractivity contribution < 1.29 is 14.5 Å². The average molecular weight is 608 g/mol. The summed E-state index contributed by atoms with van der Waals surface area (Å²) < 4.78 is 6.94. The Kier molecular flexibility index (Phi) is 7.91. The summed E-state index contributed by atoms with van der Waals surface area (Å²) in [7, 11) is 1.36. The van der Waals surface area contributed by atoms with Crippen LogP contribution in [0.4, 0.5) is 11.4 Å². The number of rotatable bonds is 8. The zero-order valence-corrected chi connectivity index (χ0v) is 24.5. The monoisotopic (exact) mass is 607 g/mol. The molecule has 0 radical (unpaired) electrons. The van der Waals surface area contributed by atoms with E-state index in [0.29, 0.717) is 10.7 Å². The molecule has 1 fully saturated rings. The molecule has 3 heterocycles. The summed E-state index contributed by atoms with van der Waals surface area (Å²) in [4.78, 5) is 31.2. The van der Waals surface area contributed by atoms with Gasteiger partial charge in [-0.1, -0.05) is 17.8 Å². The Morgan fingerprint density at radius 2 is 1.60 bits per heavy atom. The summed E-state index contributed by atoms with van der Waals surface area (Å²) >= 11 is 7.43. The van der Waals surface area contributed by atoms with Crippen molar-refractivity contribution in [3.05, 3.63) is 143 Å². The first-order chi connectivity index (χ1) is 20.9. The zero-order valence-electron chi connectivity index (χ0n) is 22.9. The molecule has 11 heteroatoms. The molecule has 1 N–H and O–H groups in total. The highest BCUT2D eigenvalue weighted by atomic mass is 32.2. The predicted octanol–water partition coefficient (Wildman–Crippen LogP) is 6.90. The van der Waals surface area contributed by atoms with Crippen LogP contribution in [0.5, 0.6) is 0 Å². The number of hydrogen-bond acceptors (Lipinski definition) is 7. The van der Waals surface area contributed by atoms with Crippen LogP contribution >= 0.6 is 24.0 Å². The number of anilines is 1. The minimum Gasteiger partial charge on any atom is -0.465 e. The van der Waals surface area contributed by atoms with Gasteiger partial charge < -0.3 is 19.5 Å². The zero-order chi connectivity index (χ0) is 29.9. The number of nitro groups is 1. The largest absolute Gasteiger partial charge is 0.465 e. The van der Waals surface area contributed by atoms with Crippen LogP contribution in [0.3, 0.4) is 0 Å². The van der Waals surface area contributed by atoms with Crippen molar-refractivity contribution in [1.82, 2.24) is 14.9 Å². The summed E-state index contributed by atoms with van der Waals surface area (Å²) in [6, 6.07) is 31.3. The third-order valence-corrected chi connectivity index (χ3v) is 8.48. The van der Waals surface area contributed by atoms with E-state index >= 15 is 0 Å². The number of hydrogen-bond donors (Lipinski definition) is 1. The fourth-order valence-electron chi connectivity index (χ4n) is 5.13. The van der Waals surface area contributed by atoms with E-state index in [-0.39, 0.29) is 23.7 Å². The summed E-state index contributed by atoms with van der Waals surface area (Å²) in [5, 5.41) is 15.1. The van der Waals surface area contributed by atoms with Crippen LogP contribution in [0.1, 0.15) is 33.8 Å². The number of nitrogens with zero attached hydrogens (tertiary/aromatic N) is 4. The van der Waals surface area contributed by atoms with Gasteiger partial charge in [0.15, 0.2) is 5.11 Å². The van der Waals surface area contributed by atoms with Crippen LogP contribution in [-0.4, -0.2) is 32.7 Å². The maximum atomic E-state index is 12.0.